The molecule has 5 heteroatoms. The van der Waals surface area contributed by atoms with E-state index >= 15 is 0 Å². The van der Waals surface area contributed by atoms with Gasteiger partial charge >= 0.3 is 0 Å². The highest BCUT2D eigenvalue weighted by Crippen LogP contribution is 2.27. The standard InChI is InChI=1S/C27H36N2O3/c1-2-32-26-12-10-22(11-13-26)19-27(30)28-17-14-24(15-18-28)29-16-6-9-25(29)21-31-20-23-7-4-3-5-8-23/h3-5,7-8,10-13,24-25H,2,6,9,14-21H2,1H3/t25-/m1/s1. The highest BCUT2D eigenvalue weighted by Gasteiger charge is 2.33. The summed E-state index contributed by atoms with van der Waals surface area (Å²) in [5.74, 6) is 1.09. The molecule has 1 amide bonds. The minimum absolute atomic E-state index is 0.233. The van der Waals surface area contributed by atoms with Gasteiger partial charge in [-0.1, -0.05) is 42.5 Å². The smallest absolute Gasteiger partial charge is 0.226 e. The normalized spacial score (nSPS) is 19.9. The van der Waals surface area contributed by atoms with Gasteiger partial charge in [0.05, 0.1) is 26.2 Å². The quantitative estimate of drug-likeness (QED) is 0.588. The summed E-state index contributed by atoms with van der Waals surface area (Å²) in [6.07, 6.45) is 5.05. The molecule has 0 radical (unpaired) electrons. The van der Waals surface area contributed by atoms with Crippen molar-refractivity contribution in [1.29, 1.82) is 0 Å². The Balaban J connectivity index is 1.21. The van der Waals surface area contributed by atoms with Gasteiger partial charge in [-0.3, -0.25) is 9.69 Å². The van der Waals surface area contributed by atoms with E-state index in [1.165, 1.54) is 18.4 Å². The maximum Gasteiger partial charge on any atom is 0.226 e. The predicted octanol–water partition coefficient (Wildman–Crippen LogP) is 4.30. The highest BCUT2D eigenvalue weighted by atomic mass is 16.5. The largest absolute Gasteiger partial charge is 0.494 e. The molecule has 4 rings (SSSR count). The molecule has 1 atom stereocenters. The van der Waals surface area contributed by atoms with E-state index in [4.69, 9.17) is 9.47 Å². The summed E-state index contributed by atoms with van der Waals surface area (Å²) in [6, 6.07) is 19.4. The molecule has 0 N–H and O–H groups in total. The third-order valence-corrected chi connectivity index (χ3v) is 6.72. The van der Waals surface area contributed by atoms with Crippen LogP contribution in [0.4, 0.5) is 0 Å². The number of likely N-dealkylation sites (tertiary alicyclic amines) is 2. The summed E-state index contributed by atoms with van der Waals surface area (Å²) in [5, 5.41) is 0. The van der Waals surface area contributed by atoms with Gasteiger partial charge in [0.1, 0.15) is 5.75 Å². The molecule has 5 nitrogen and oxygen atoms in total. The van der Waals surface area contributed by atoms with Crippen molar-refractivity contribution in [3.63, 3.8) is 0 Å². The maximum atomic E-state index is 12.8. The molecule has 0 spiro atoms. The first kappa shape index (κ1) is 22.8. The summed E-state index contributed by atoms with van der Waals surface area (Å²) >= 11 is 0. The highest BCUT2D eigenvalue weighted by molar-refractivity contribution is 5.78. The Labute approximate surface area is 192 Å². The molecule has 0 saturated carbocycles. The van der Waals surface area contributed by atoms with E-state index in [1.54, 1.807) is 0 Å². The fourth-order valence-corrected chi connectivity index (χ4v) is 5.01. The third kappa shape index (κ3) is 6.11. The maximum absolute atomic E-state index is 12.8. The molecule has 2 aliphatic rings. The average molecular weight is 437 g/mol. The number of benzene rings is 2. The van der Waals surface area contributed by atoms with Crippen LogP contribution in [0.15, 0.2) is 54.6 Å². The van der Waals surface area contributed by atoms with Gasteiger partial charge in [-0.2, -0.15) is 0 Å². The first-order chi connectivity index (χ1) is 15.7. The number of nitrogens with zero attached hydrogens (tertiary/aromatic N) is 2. The van der Waals surface area contributed by atoms with Gasteiger partial charge in [-0.05, 0) is 62.4 Å². The molecule has 0 bridgehead atoms. The third-order valence-electron chi connectivity index (χ3n) is 6.72. The van der Waals surface area contributed by atoms with Crippen LogP contribution in [0.1, 0.15) is 43.7 Å². The fourth-order valence-electron chi connectivity index (χ4n) is 5.01. The Morgan fingerprint density at radius 3 is 2.41 bits per heavy atom. The van der Waals surface area contributed by atoms with E-state index < -0.39 is 0 Å². The molecule has 2 aliphatic heterocycles. The van der Waals surface area contributed by atoms with Crippen LogP contribution in [0, 0.1) is 0 Å². The lowest BCUT2D eigenvalue weighted by Crippen LogP contribution is -2.49. The second-order valence-electron chi connectivity index (χ2n) is 8.90. The van der Waals surface area contributed by atoms with Crippen LogP contribution in [-0.2, 0) is 22.6 Å². The van der Waals surface area contributed by atoms with E-state index in [9.17, 15) is 4.79 Å². The van der Waals surface area contributed by atoms with Gasteiger partial charge < -0.3 is 14.4 Å². The van der Waals surface area contributed by atoms with Crippen molar-refractivity contribution in [3.8, 4) is 5.75 Å². The van der Waals surface area contributed by atoms with Crippen molar-refractivity contribution < 1.29 is 14.3 Å². The van der Waals surface area contributed by atoms with Crippen molar-refractivity contribution in [2.45, 2.75) is 57.7 Å². The lowest BCUT2D eigenvalue weighted by molar-refractivity contribution is -0.132. The second kappa shape index (κ2) is 11.5. The summed E-state index contributed by atoms with van der Waals surface area (Å²) in [6.45, 7) is 6.98. The minimum atomic E-state index is 0.233. The SMILES string of the molecule is CCOc1ccc(CC(=O)N2CCC(N3CCC[C@@H]3COCc3ccccc3)CC2)cc1. The average Bonchev–Trinajstić information content (AvgIpc) is 3.30. The first-order valence-corrected chi connectivity index (χ1v) is 12.1. The number of amides is 1. The predicted molar refractivity (Wildman–Crippen MR) is 127 cm³/mol. The number of ether oxygens (including phenoxy) is 2. The van der Waals surface area contributed by atoms with Crippen molar-refractivity contribution in [1.82, 2.24) is 9.80 Å². The van der Waals surface area contributed by atoms with E-state index in [2.05, 4.69) is 29.2 Å². The minimum Gasteiger partial charge on any atom is -0.494 e. The Hall–Kier alpha value is -2.37. The molecule has 2 aromatic rings. The lowest BCUT2D eigenvalue weighted by Gasteiger charge is -2.39. The molecular formula is C27H36N2O3. The van der Waals surface area contributed by atoms with Crippen molar-refractivity contribution in [2.75, 3.05) is 32.8 Å². The molecule has 2 saturated heterocycles. The zero-order valence-electron chi connectivity index (χ0n) is 19.2. The summed E-state index contributed by atoms with van der Waals surface area (Å²) < 4.78 is 11.5. The van der Waals surface area contributed by atoms with Crippen molar-refractivity contribution in [2.24, 2.45) is 0 Å². The Kier molecular flexibility index (Phi) is 8.18. The summed E-state index contributed by atoms with van der Waals surface area (Å²) in [7, 11) is 0. The van der Waals surface area contributed by atoms with Crippen LogP contribution < -0.4 is 4.74 Å². The number of hydrogen-bond acceptors (Lipinski definition) is 4. The molecular weight excluding hydrogens is 400 g/mol. The Morgan fingerprint density at radius 1 is 0.938 bits per heavy atom. The number of hydrogen-bond donors (Lipinski definition) is 0. The van der Waals surface area contributed by atoms with Crippen LogP contribution in [0.2, 0.25) is 0 Å². The molecule has 172 valence electrons. The van der Waals surface area contributed by atoms with Crippen LogP contribution in [0.3, 0.4) is 0 Å². The van der Waals surface area contributed by atoms with E-state index in [1.807, 2.05) is 42.2 Å². The number of carbonyl (C=O) groups excluding carboxylic acids is 1. The molecule has 2 aromatic carbocycles. The number of carbonyl (C=O) groups is 1. The van der Waals surface area contributed by atoms with Gasteiger partial charge in [-0.15, -0.1) is 0 Å². The number of piperidine rings is 1. The lowest BCUT2D eigenvalue weighted by atomic mass is 10.0. The monoisotopic (exact) mass is 436 g/mol. The Morgan fingerprint density at radius 2 is 1.69 bits per heavy atom. The van der Waals surface area contributed by atoms with Gasteiger partial charge in [-0.25, -0.2) is 0 Å². The van der Waals surface area contributed by atoms with Crippen LogP contribution >= 0.6 is 0 Å². The summed E-state index contributed by atoms with van der Waals surface area (Å²) in [4.78, 5) is 17.5. The van der Waals surface area contributed by atoms with Crippen molar-refractivity contribution in [3.05, 3.63) is 65.7 Å². The van der Waals surface area contributed by atoms with E-state index in [0.29, 0.717) is 31.7 Å². The fraction of sp³-hybridized carbons (Fsp3) is 0.519. The summed E-state index contributed by atoms with van der Waals surface area (Å²) in [5.41, 5.74) is 2.28. The van der Waals surface area contributed by atoms with Gasteiger partial charge in [0.2, 0.25) is 5.91 Å². The molecule has 2 fully saturated rings. The van der Waals surface area contributed by atoms with Gasteiger partial charge in [0, 0.05) is 25.2 Å². The molecule has 2 heterocycles. The first-order valence-electron chi connectivity index (χ1n) is 12.1. The van der Waals surface area contributed by atoms with Crippen LogP contribution in [0.5, 0.6) is 5.75 Å². The molecule has 32 heavy (non-hydrogen) atoms. The van der Waals surface area contributed by atoms with Gasteiger partial charge in [0.25, 0.3) is 0 Å². The van der Waals surface area contributed by atoms with E-state index in [-0.39, 0.29) is 5.91 Å². The zero-order valence-corrected chi connectivity index (χ0v) is 19.2. The second-order valence-corrected chi connectivity index (χ2v) is 8.90. The van der Waals surface area contributed by atoms with Crippen LogP contribution in [0.25, 0.3) is 0 Å². The topological polar surface area (TPSA) is 42.0 Å². The Bertz CT molecular complexity index is 832. The van der Waals surface area contributed by atoms with Crippen molar-refractivity contribution >= 4 is 5.91 Å². The molecule has 0 unspecified atom stereocenters. The zero-order chi connectivity index (χ0) is 22.2. The number of rotatable bonds is 9. The van der Waals surface area contributed by atoms with E-state index in [0.717, 1.165) is 50.4 Å². The van der Waals surface area contributed by atoms with Gasteiger partial charge in [0.15, 0.2) is 0 Å². The molecule has 0 aromatic heterocycles. The van der Waals surface area contributed by atoms with Crippen LogP contribution in [-0.4, -0.2) is 60.6 Å². The molecule has 0 aliphatic carbocycles.